The lowest BCUT2D eigenvalue weighted by molar-refractivity contribution is -0.142. The average Bonchev–Trinajstić information content (AvgIpc) is 2.48. The van der Waals surface area contributed by atoms with Crippen LogP contribution in [0.15, 0.2) is 11.9 Å². The van der Waals surface area contributed by atoms with Crippen molar-refractivity contribution in [2.24, 2.45) is 0 Å². The molecule has 3 atom stereocenters. The summed E-state index contributed by atoms with van der Waals surface area (Å²) in [6, 6.07) is 0. The zero-order valence-corrected chi connectivity index (χ0v) is 9.54. The van der Waals surface area contributed by atoms with Crippen LogP contribution >= 0.6 is 7.37 Å². The minimum atomic E-state index is -2.72. The molecular formula is C9H15O4P. The van der Waals surface area contributed by atoms with E-state index in [2.05, 4.69) is 6.58 Å². The summed E-state index contributed by atoms with van der Waals surface area (Å²) in [5, 5.41) is 0.551. The van der Waals surface area contributed by atoms with Gasteiger partial charge in [0.15, 0.2) is 5.79 Å². The molecule has 2 fully saturated rings. The number of fused-ring (bicyclic) bond motifs is 1. The van der Waals surface area contributed by atoms with E-state index in [1.165, 1.54) is 7.11 Å². The highest BCUT2D eigenvalue weighted by molar-refractivity contribution is 7.64. The molecule has 2 rings (SSSR count). The van der Waals surface area contributed by atoms with Gasteiger partial charge < -0.3 is 14.0 Å². The van der Waals surface area contributed by atoms with E-state index >= 15 is 0 Å². The molecule has 0 aromatic rings. The van der Waals surface area contributed by atoms with Gasteiger partial charge in [-0.25, -0.2) is 0 Å². The molecular weight excluding hydrogens is 203 g/mol. The third-order valence-electron chi connectivity index (χ3n) is 2.66. The second kappa shape index (κ2) is 2.92. The largest absolute Gasteiger partial charge is 0.344 e. The first-order valence-corrected chi connectivity index (χ1v) is 6.39. The van der Waals surface area contributed by atoms with E-state index < -0.39 is 13.2 Å². The molecule has 2 aliphatic heterocycles. The number of hydrogen-bond acceptors (Lipinski definition) is 4. The molecule has 14 heavy (non-hydrogen) atoms. The maximum Gasteiger partial charge on any atom is 0.232 e. The zero-order valence-electron chi connectivity index (χ0n) is 8.65. The standard InChI is InChI=1S/C9H15O4P/c1-6-8-7(5-14(6,10)11-4)12-9(2,3)13-8/h7-8H,1,5H2,2-4H3/t7-,8+,14?/m1/s1. The molecule has 2 saturated heterocycles. The van der Waals surface area contributed by atoms with Crippen molar-refractivity contribution in [1.29, 1.82) is 0 Å². The number of ether oxygens (including phenoxy) is 2. The van der Waals surface area contributed by atoms with Gasteiger partial charge in [0.25, 0.3) is 0 Å². The average molecular weight is 218 g/mol. The Hall–Kier alpha value is -0.150. The van der Waals surface area contributed by atoms with Crippen molar-refractivity contribution in [2.75, 3.05) is 13.3 Å². The van der Waals surface area contributed by atoms with Gasteiger partial charge in [0, 0.05) is 12.4 Å². The Balaban J connectivity index is 2.24. The Morgan fingerprint density at radius 2 is 2.21 bits per heavy atom. The van der Waals surface area contributed by atoms with Gasteiger partial charge in [0.1, 0.15) is 12.2 Å². The van der Waals surface area contributed by atoms with Crippen molar-refractivity contribution in [1.82, 2.24) is 0 Å². The Labute approximate surface area is 83.7 Å². The molecule has 5 heteroatoms. The normalized spacial score (nSPS) is 45.5. The molecule has 4 nitrogen and oxygen atoms in total. The third-order valence-corrected chi connectivity index (χ3v) is 5.23. The summed E-state index contributed by atoms with van der Waals surface area (Å²) >= 11 is 0. The molecule has 1 unspecified atom stereocenters. The van der Waals surface area contributed by atoms with Gasteiger partial charge in [-0.15, -0.1) is 0 Å². The summed E-state index contributed by atoms with van der Waals surface area (Å²) in [5.74, 6) is -0.600. The van der Waals surface area contributed by atoms with Gasteiger partial charge in [-0.05, 0) is 13.8 Å². The van der Waals surface area contributed by atoms with Crippen LogP contribution in [0.3, 0.4) is 0 Å². The molecule has 0 aromatic heterocycles. The number of rotatable bonds is 1. The predicted molar refractivity (Wildman–Crippen MR) is 52.4 cm³/mol. The number of hydrogen-bond donors (Lipinski definition) is 0. The van der Waals surface area contributed by atoms with E-state index in [0.717, 1.165) is 0 Å². The van der Waals surface area contributed by atoms with Crippen molar-refractivity contribution in [2.45, 2.75) is 31.8 Å². The molecule has 80 valence electrons. The molecule has 0 bridgehead atoms. The maximum atomic E-state index is 12.1. The Bertz CT molecular complexity index is 323. The lowest BCUT2D eigenvalue weighted by Crippen LogP contribution is -2.22. The summed E-state index contributed by atoms with van der Waals surface area (Å²) < 4.78 is 28.3. The van der Waals surface area contributed by atoms with Crippen molar-refractivity contribution in [3.8, 4) is 0 Å². The van der Waals surface area contributed by atoms with Crippen LogP contribution in [-0.2, 0) is 18.6 Å². The van der Waals surface area contributed by atoms with Crippen molar-refractivity contribution < 1.29 is 18.6 Å². The fourth-order valence-electron chi connectivity index (χ4n) is 1.99. The molecule has 0 saturated carbocycles. The van der Waals surface area contributed by atoms with E-state index in [1.807, 2.05) is 13.8 Å². The van der Waals surface area contributed by atoms with E-state index in [9.17, 15) is 4.57 Å². The molecule has 0 spiro atoms. The highest BCUT2D eigenvalue weighted by Crippen LogP contribution is 2.64. The Kier molecular flexibility index (Phi) is 2.16. The summed E-state index contributed by atoms with van der Waals surface area (Å²) in [6.07, 6.45) is -0.0461. The smallest absolute Gasteiger partial charge is 0.232 e. The van der Waals surface area contributed by atoms with Crippen molar-refractivity contribution in [3.05, 3.63) is 11.9 Å². The van der Waals surface area contributed by atoms with Gasteiger partial charge in [0.2, 0.25) is 7.37 Å². The molecule has 0 amide bonds. The highest BCUT2D eigenvalue weighted by atomic mass is 31.2. The second-order valence-electron chi connectivity index (χ2n) is 4.12. The Morgan fingerprint density at radius 3 is 2.71 bits per heavy atom. The highest BCUT2D eigenvalue weighted by Gasteiger charge is 2.55. The van der Waals surface area contributed by atoms with Crippen LogP contribution in [0.2, 0.25) is 0 Å². The SMILES string of the molecule is C=C1[C@@H]2OC(C)(C)O[C@@H]2CP1(=O)OC. The predicted octanol–water partition coefficient (Wildman–Crippen LogP) is 1.96. The van der Waals surface area contributed by atoms with Crippen LogP contribution in [0.4, 0.5) is 0 Å². The first-order chi connectivity index (χ1) is 6.38. The van der Waals surface area contributed by atoms with E-state index in [-0.39, 0.29) is 12.2 Å². The molecule has 0 N–H and O–H groups in total. The minimum absolute atomic E-state index is 0.164. The monoisotopic (exact) mass is 218 g/mol. The van der Waals surface area contributed by atoms with Crippen LogP contribution in [0.1, 0.15) is 13.8 Å². The van der Waals surface area contributed by atoms with E-state index in [0.29, 0.717) is 11.5 Å². The van der Waals surface area contributed by atoms with Gasteiger partial charge in [-0.1, -0.05) is 6.58 Å². The molecule has 0 aliphatic carbocycles. The van der Waals surface area contributed by atoms with Crippen LogP contribution in [0, 0.1) is 0 Å². The van der Waals surface area contributed by atoms with Crippen molar-refractivity contribution >= 4 is 7.37 Å². The van der Waals surface area contributed by atoms with Crippen molar-refractivity contribution in [3.63, 3.8) is 0 Å². The van der Waals surface area contributed by atoms with Crippen LogP contribution in [0.25, 0.3) is 0 Å². The lowest BCUT2D eigenvalue weighted by Gasteiger charge is -2.21. The maximum absolute atomic E-state index is 12.1. The quantitative estimate of drug-likeness (QED) is 0.631. The first-order valence-electron chi connectivity index (χ1n) is 4.58. The van der Waals surface area contributed by atoms with Crippen LogP contribution < -0.4 is 0 Å². The lowest BCUT2D eigenvalue weighted by atomic mass is 10.2. The third kappa shape index (κ3) is 1.38. The minimum Gasteiger partial charge on any atom is -0.344 e. The van der Waals surface area contributed by atoms with Gasteiger partial charge in [-0.3, -0.25) is 4.57 Å². The molecule has 2 aliphatic rings. The summed E-state index contributed by atoms with van der Waals surface area (Å²) in [4.78, 5) is 0. The van der Waals surface area contributed by atoms with Gasteiger partial charge >= 0.3 is 0 Å². The van der Waals surface area contributed by atoms with E-state index in [4.69, 9.17) is 14.0 Å². The zero-order chi connectivity index (χ0) is 10.6. The Morgan fingerprint density at radius 1 is 1.57 bits per heavy atom. The van der Waals surface area contributed by atoms with E-state index in [1.54, 1.807) is 0 Å². The van der Waals surface area contributed by atoms with Crippen LogP contribution in [0.5, 0.6) is 0 Å². The molecule has 0 radical (unpaired) electrons. The molecule has 2 heterocycles. The summed E-state index contributed by atoms with van der Waals surface area (Å²) in [6.45, 7) is 7.48. The topological polar surface area (TPSA) is 44.8 Å². The first kappa shape index (κ1) is 10.4. The summed E-state index contributed by atoms with van der Waals surface area (Å²) in [7, 11) is -1.28. The summed E-state index contributed by atoms with van der Waals surface area (Å²) in [5.41, 5.74) is 0. The molecule has 0 aromatic carbocycles. The fraction of sp³-hybridized carbons (Fsp3) is 0.778. The van der Waals surface area contributed by atoms with Gasteiger partial charge in [0.05, 0.1) is 6.16 Å². The van der Waals surface area contributed by atoms with Gasteiger partial charge in [-0.2, -0.15) is 0 Å². The second-order valence-corrected chi connectivity index (χ2v) is 6.78. The van der Waals surface area contributed by atoms with Crippen LogP contribution in [-0.4, -0.2) is 31.3 Å². The fourth-order valence-corrected chi connectivity index (χ4v) is 3.96.